The number of Topliss-reactive ketones (excluding diaryl/α,β-unsaturated/α-hetero) is 1. The second kappa shape index (κ2) is 5.80. The first-order valence-electron chi connectivity index (χ1n) is 7.10. The van der Waals surface area contributed by atoms with E-state index in [2.05, 4.69) is 0 Å². The van der Waals surface area contributed by atoms with Gasteiger partial charge in [-0.05, 0) is 30.3 Å². The molecule has 0 aliphatic carbocycles. The van der Waals surface area contributed by atoms with Gasteiger partial charge in [-0.1, -0.05) is 0 Å². The topological polar surface area (TPSA) is 61.6 Å². The average molecular weight is 351 g/mol. The molecule has 0 radical (unpaired) electrons. The number of halogens is 3. The normalized spacial score (nSPS) is 13.9. The number of fused-ring (bicyclic) bond motifs is 1. The van der Waals surface area contributed by atoms with Gasteiger partial charge >= 0.3 is 6.18 Å². The van der Waals surface area contributed by atoms with Gasteiger partial charge in [0.2, 0.25) is 5.69 Å². The maximum atomic E-state index is 12.8. The van der Waals surface area contributed by atoms with Crippen LogP contribution in [0.1, 0.15) is 21.5 Å². The molecule has 0 aromatic heterocycles. The fraction of sp³-hybridized carbons (Fsp3) is 0.176. The molecule has 130 valence electrons. The molecular weight excluding hydrogens is 339 g/mol. The lowest BCUT2D eigenvalue weighted by atomic mass is 10.0. The van der Waals surface area contributed by atoms with Gasteiger partial charge in [0, 0.05) is 6.07 Å². The molecule has 1 heterocycles. The van der Waals surface area contributed by atoms with Crippen LogP contribution in [-0.2, 0) is 6.18 Å². The van der Waals surface area contributed by atoms with Crippen LogP contribution in [0.5, 0.6) is 11.5 Å². The summed E-state index contributed by atoms with van der Waals surface area (Å²) in [4.78, 5) is 12.5. The molecule has 0 spiro atoms. The second-order valence-electron chi connectivity index (χ2n) is 5.27. The number of ether oxygens (including phenoxy) is 2. The number of hydrogen-bond donors (Lipinski definition) is 0. The molecule has 0 fully saturated rings. The number of carbonyl (C=O) groups is 1. The van der Waals surface area contributed by atoms with Gasteiger partial charge < -0.3 is 14.7 Å². The third-order valence-corrected chi connectivity index (χ3v) is 3.86. The highest BCUT2D eigenvalue weighted by molar-refractivity contribution is 6.52. The summed E-state index contributed by atoms with van der Waals surface area (Å²) < 4.78 is 49.1. The van der Waals surface area contributed by atoms with Crippen molar-refractivity contribution in [2.75, 3.05) is 14.2 Å². The van der Waals surface area contributed by atoms with Crippen LogP contribution in [-0.4, -0.2) is 30.5 Å². The number of benzene rings is 2. The summed E-state index contributed by atoms with van der Waals surface area (Å²) in [5.74, 6) is -0.0874. The van der Waals surface area contributed by atoms with Gasteiger partial charge in [-0.15, -0.1) is 0 Å². The number of ketones is 1. The van der Waals surface area contributed by atoms with Crippen molar-refractivity contribution in [1.82, 2.24) is 0 Å². The molecule has 1 aliphatic rings. The minimum Gasteiger partial charge on any atom is -0.618 e. The molecule has 0 unspecified atom stereocenters. The van der Waals surface area contributed by atoms with Crippen LogP contribution in [0.4, 0.5) is 18.9 Å². The van der Waals surface area contributed by atoms with Crippen molar-refractivity contribution in [3.63, 3.8) is 0 Å². The van der Waals surface area contributed by atoms with E-state index in [4.69, 9.17) is 9.47 Å². The maximum Gasteiger partial charge on any atom is 0.416 e. The first-order valence-corrected chi connectivity index (χ1v) is 7.10. The van der Waals surface area contributed by atoms with E-state index in [1.807, 2.05) is 0 Å². The van der Waals surface area contributed by atoms with E-state index < -0.39 is 17.5 Å². The Morgan fingerprint density at radius 2 is 1.68 bits per heavy atom. The number of hydrogen-bond acceptors (Lipinski definition) is 4. The summed E-state index contributed by atoms with van der Waals surface area (Å²) in [7, 11) is 2.82. The summed E-state index contributed by atoms with van der Waals surface area (Å²) in [5.41, 5.74) is -1.43. The SMILES string of the molecule is COc1ccc(C2=[N+]([O-])c3ccc(C(F)(F)F)cc3C2=O)cc1OC. The van der Waals surface area contributed by atoms with Crippen molar-refractivity contribution in [1.29, 1.82) is 0 Å². The van der Waals surface area contributed by atoms with Gasteiger partial charge in [-0.25, -0.2) is 0 Å². The van der Waals surface area contributed by atoms with Gasteiger partial charge in [0.05, 0.1) is 25.3 Å². The number of rotatable bonds is 3. The first-order chi connectivity index (χ1) is 11.8. The van der Waals surface area contributed by atoms with E-state index in [1.54, 1.807) is 0 Å². The first kappa shape index (κ1) is 16.8. The Kier molecular flexibility index (Phi) is 3.90. The third kappa shape index (κ3) is 2.69. The van der Waals surface area contributed by atoms with Crippen LogP contribution in [0.15, 0.2) is 36.4 Å². The molecule has 1 aliphatic heterocycles. The van der Waals surface area contributed by atoms with Crippen molar-refractivity contribution in [3.05, 3.63) is 58.3 Å². The van der Waals surface area contributed by atoms with Crippen LogP contribution in [0.2, 0.25) is 0 Å². The monoisotopic (exact) mass is 351 g/mol. The van der Waals surface area contributed by atoms with Crippen LogP contribution in [0, 0.1) is 5.21 Å². The summed E-state index contributed by atoms with van der Waals surface area (Å²) in [6.07, 6.45) is -4.60. The van der Waals surface area contributed by atoms with Gasteiger partial charge in [0.1, 0.15) is 5.56 Å². The average Bonchev–Trinajstić information content (AvgIpc) is 2.84. The summed E-state index contributed by atoms with van der Waals surface area (Å²) in [6, 6.07) is 6.86. The van der Waals surface area contributed by atoms with Crippen LogP contribution in [0.3, 0.4) is 0 Å². The van der Waals surface area contributed by atoms with E-state index in [-0.39, 0.29) is 22.5 Å². The molecule has 0 atom stereocenters. The quantitative estimate of drug-likeness (QED) is 0.627. The molecule has 0 amide bonds. The zero-order chi connectivity index (χ0) is 18.4. The van der Waals surface area contributed by atoms with E-state index in [9.17, 15) is 23.2 Å². The van der Waals surface area contributed by atoms with Crippen LogP contribution in [0.25, 0.3) is 0 Å². The Balaban J connectivity index is 2.10. The molecule has 0 saturated carbocycles. The Labute approximate surface area is 140 Å². The van der Waals surface area contributed by atoms with Gasteiger partial charge in [0.15, 0.2) is 11.5 Å². The highest BCUT2D eigenvalue weighted by Crippen LogP contribution is 2.36. The molecular formula is C17H12F3NO4. The lowest BCUT2D eigenvalue weighted by Gasteiger charge is -2.08. The number of carbonyl (C=O) groups excluding carboxylic acids is 1. The van der Waals surface area contributed by atoms with E-state index in [0.717, 1.165) is 12.1 Å². The highest BCUT2D eigenvalue weighted by atomic mass is 19.4. The van der Waals surface area contributed by atoms with Crippen LogP contribution >= 0.6 is 0 Å². The minimum absolute atomic E-state index is 0.122. The highest BCUT2D eigenvalue weighted by Gasteiger charge is 2.40. The zero-order valence-corrected chi connectivity index (χ0v) is 13.2. The van der Waals surface area contributed by atoms with E-state index in [1.165, 1.54) is 32.4 Å². The second-order valence-corrected chi connectivity index (χ2v) is 5.27. The molecule has 25 heavy (non-hydrogen) atoms. The van der Waals surface area contributed by atoms with Gasteiger partial charge in [-0.2, -0.15) is 17.9 Å². The van der Waals surface area contributed by atoms with E-state index >= 15 is 0 Å². The van der Waals surface area contributed by atoms with Crippen LogP contribution < -0.4 is 9.47 Å². The molecule has 0 saturated heterocycles. The largest absolute Gasteiger partial charge is 0.618 e. The fourth-order valence-corrected chi connectivity index (χ4v) is 2.64. The van der Waals surface area contributed by atoms with Gasteiger partial charge in [0.25, 0.3) is 11.5 Å². The molecule has 2 aromatic carbocycles. The Morgan fingerprint density at radius 3 is 2.28 bits per heavy atom. The van der Waals surface area contributed by atoms with Crippen molar-refractivity contribution in [2.24, 2.45) is 0 Å². The summed E-state index contributed by atoms with van der Waals surface area (Å²) >= 11 is 0. The smallest absolute Gasteiger partial charge is 0.416 e. The standard InChI is InChI=1S/C17H12F3NO4/c1-24-13-6-3-9(7-14(13)25-2)15-16(22)11-8-10(17(18,19)20)4-5-12(11)21(15)23/h3-8H,1-2H3. The Hall–Kier alpha value is -3.03. The third-order valence-electron chi connectivity index (χ3n) is 3.86. The predicted octanol–water partition coefficient (Wildman–Crippen LogP) is 3.55. The van der Waals surface area contributed by atoms with Crippen molar-refractivity contribution >= 4 is 17.2 Å². The number of nitrogens with zero attached hydrogens (tertiary/aromatic N) is 1. The summed E-state index contributed by atoms with van der Waals surface area (Å²) in [6.45, 7) is 0. The molecule has 3 rings (SSSR count). The molecule has 0 N–H and O–H groups in total. The summed E-state index contributed by atoms with van der Waals surface area (Å²) in [5, 5.41) is 12.4. The van der Waals surface area contributed by atoms with E-state index in [0.29, 0.717) is 22.3 Å². The number of methoxy groups -OCH3 is 2. The number of alkyl halides is 3. The zero-order valence-electron chi connectivity index (χ0n) is 13.2. The van der Waals surface area contributed by atoms with Crippen molar-refractivity contribution < 1.29 is 32.2 Å². The van der Waals surface area contributed by atoms with Crippen molar-refractivity contribution in [3.8, 4) is 11.5 Å². The minimum atomic E-state index is -4.60. The lowest BCUT2D eigenvalue weighted by molar-refractivity contribution is -0.355. The fourth-order valence-electron chi connectivity index (χ4n) is 2.64. The van der Waals surface area contributed by atoms with Gasteiger partial charge in [-0.3, -0.25) is 4.79 Å². The van der Waals surface area contributed by atoms with Crippen molar-refractivity contribution in [2.45, 2.75) is 6.18 Å². The molecule has 8 heteroatoms. The molecule has 5 nitrogen and oxygen atoms in total. The Bertz CT molecular complexity index is 903. The predicted molar refractivity (Wildman–Crippen MR) is 82.7 cm³/mol. The molecule has 2 aromatic rings. The maximum absolute atomic E-state index is 12.8. The Morgan fingerprint density at radius 1 is 1.00 bits per heavy atom. The lowest BCUT2D eigenvalue weighted by Crippen LogP contribution is -2.17. The molecule has 0 bridgehead atoms.